The lowest BCUT2D eigenvalue weighted by atomic mass is 10.1. The molecule has 1 heterocycles. The van der Waals surface area contributed by atoms with Gasteiger partial charge in [-0.1, -0.05) is 27.7 Å². The van der Waals surface area contributed by atoms with Crippen LogP contribution in [0.2, 0.25) is 0 Å². The summed E-state index contributed by atoms with van der Waals surface area (Å²) < 4.78 is 13.8. The summed E-state index contributed by atoms with van der Waals surface area (Å²) in [4.78, 5) is 17.7. The third-order valence-electron chi connectivity index (χ3n) is 5.75. The van der Waals surface area contributed by atoms with Crippen molar-refractivity contribution in [3.05, 3.63) is 46.6 Å². The molecule has 0 saturated carbocycles. The van der Waals surface area contributed by atoms with Gasteiger partial charge in [-0.25, -0.2) is 0 Å². The van der Waals surface area contributed by atoms with E-state index < -0.39 is 0 Å². The van der Waals surface area contributed by atoms with Gasteiger partial charge in [-0.2, -0.15) is 0 Å². The third-order valence-corrected chi connectivity index (χ3v) is 6.89. The van der Waals surface area contributed by atoms with Crippen LogP contribution in [0.5, 0.6) is 11.5 Å². The highest BCUT2D eigenvalue weighted by molar-refractivity contribution is 7.24. The largest absolute Gasteiger partial charge is 0.492 e. The first-order valence-corrected chi connectivity index (χ1v) is 12.1. The SMILES string of the molecule is CCN(CC)CCOc1ccc2c(=O)c3cc(OCCN(CC)CC)ccc3sc2c1. The van der Waals surface area contributed by atoms with Gasteiger partial charge in [0.25, 0.3) is 0 Å². The molecule has 3 aromatic rings. The Labute approximate surface area is 189 Å². The van der Waals surface area contributed by atoms with Crippen LogP contribution in [0.15, 0.2) is 41.2 Å². The second-order valence-electron chi connectivity index (χ2n) is 7.50. The van der Waals surface area contributed by atoms with Crippen LogP contribution >= 0.6 is 11.3 Å². The number of benzene rings is 2. The van der Waals surface area contributed by atoms with Gasteiger partial charge in [0.2, 0.25) is 0 Å². The summed E-state index contributed by atoms with van der Waals surface area (Å²) in [6.45, 7) is 15.7. The topological polar surface area (TPSA) is 42.0 Å². The summed E-state index contributed by atoms with van der Waals surface area (Å²) in [6, 6.07) is 11.6. The van der Waals surface area contributed by atoms with Crippen molar-refractivity contribution >= 4 is 31.5 Å². The maximum absolute atomic E-state index is 13.1. The van der Waals surface area contributed by atoms with Gasteiger partial charge in [-0.3, -0.25) is 4.79 Å². The first-order chi connectivity index (χ1) is 15.1. The molecule has 5 nitrogen and oxygen atoms in total. The van der Waals surface area contributed by atoms with E-state index in [-0.39, 0.29) is 5.43 Å². The van der Waals surface area contributed by atoms with Gasteiger partial charge in [0, 0.05) is 33.3 Å². The molecule has 0 radical (unpaired) electrons. The van der Waals surface area contributed by atoms with Crippen LogP contribution in [0.3, 0.4) is 0 Å². The van der Waals surface area contributed by atoms with Gasteiger partial charge in [-0.05, 0) is 62.6 Å². The van der Waals surface area contributed by atoms with Crippen molar-refractivity contribution < 1.29 is 9.47 Å². The molecule has 6 heteroatoms. The molecular weight excluding hydrogens is 408 g/mol. The van der Waals surface area contributed by atoms with Gasteiger partial charge in [0.1, 0.15) is 24.7 Å². The van der Waals surface area contributed by atoms with Gasteiger partial charge >= 0.3 is 0 Å². The molecule has 0 amide bonds. The van der Waals surface area contributed by atoms with E-state index in [0.717, 1.165) is 65.6 Å². The number of rotatable bonds is 12. The Hall–Kier alpha value is -2.15. The highest BCUT2D eigenvalue weighted by Gasteiger charge is 2.09. The molecule has 0 atom stereocenters. The fourth-order valence-electron chi connectivity index (χ4n) is 3.66. The Bertz CT molecular complexity index is 1040. The molecule has 0 aliphatic carbocycles. The van der Waals surface area contributed by atoms with Crippen molar-refractivity contribution in [1.29, 1.82) is 0 Å². The van der Waals surface area contributed by atoms with E-state index in [9.17, 15) is 4.79 Å². The zero-order chi connectivity index (χ0) is 22.2. The predicted octanol–water partition coefficient (Wildman–Crippen LogP) is 4.86. The fraction of sp³-hybridized carbons (Fsp3) is 0.480. The number of nitrogens with zero attached hydrogens (tertiary/aromatic N) is 2. The Morgan fingerprint density at radius 1 is 0.710 bits per heavy atom. The van der Waals surface area contributed by atoms with Gasteiger partial charge in [-0.15, -0.1) is 11.3 Å². The highest BCUT2D eigenvalue weighted by Crippen LogP contribution is 2.29. The lowest BCUT2D eigenvalue weighted by molar-refractivity contribution is 0.223. The molecule has 0 fully saturated rings. The van der Waals surface area contributed by atoms with Crippen molar-refractivity contribution in [3.63, 3.8) is 0 Å². The van der Waals surface area contributed by atoms with Crippen molar-refractivity contribution in [2.24, 2.45) is 0 Å². The van der Waals surface area contributed by atoms with E-state index in [2.05, 4.69) is 37.5 Å². The van der Waals surface area contributed by atoms with Crippen molar-refractivity contribution in [2.75, 3.05) is 52.5 Å². The van der Waals surface area contributed by atoms with Crippen LogP contribution in [-0.2, 0) is 0 Å². The molecule has 1 aromatic heterocycles. The first-order valence-electron chi connectivity index (χ1n) is 11.3. The highest BCUT2D eigenvalue weighted by atomic mass is 32.1. The Morgan fingerprint density at radius 3 is 1.84 bits per heavy atom. The number of fused-ring (bicyclic) bond motifs is 2. The van der Waals surface area contributed by atoms with Crippen LogP contribution in [0.1, 0.15) is 27.7 Å². The first kappa shape index (κ1) is 23.5. The smallest absolute Gasteiger partial charge is 0.196 e. The van der Waals surface area contributed by atoms with Crippen LogP contribution in [-0.4, -0.2) is 62.3 Å². The Balaban J connectivity index is 1.76. The zero-order valence-electron chi connectivity index (χ0n) is 19.1. The summed E-state index contributed by atoms with van der Waals surface area (Å²) in [7, 11) is 0. The van der Waals surface area contributed by atoms with Gasteiger partial charge < -0.3 is 19.3 Å². The molecule has 0 N–H and O–H groups in total. The van der Waals surface area contributed by atoms with E-state index >= 15 is 0 Å². The van der Waals surface area contributed by atoms with E-state index in [4.69, 9.17) is 9.47 Å². The molecular formula is C25H34N2O3S. The van der Waals surface area contributed by atoms with E-state index in [0.29, 0.717) is 18.6 Å². The summed E-state index contributed by atoms with van der Waals surface area (Å²) in [5.41, 5.74) is 0.0487. The van der Waals surface area contributed by atoms with Crippen molar-refractivity contribution in [2.45, 2.75) is 27.7 Å². The van der Waals surface area contributed by atoms with Crippen molar-refractivity contribution in [1.82, 2.24) is 9.80 Å². The summed E-state index contributed by atoms with van der Waals surface area (Å²) in [5.74, 6) is 1.56. The minimum Gasteiger partial charge on any atom is -0.492 e. The van der Waals surface area contributed by atoms with Gasteiger partial charge in [0.15, 0.2) is 5.43 Å². The number of hydrogen-bond donors (Lipinski definition) is 0. The normalized spacial score (nSPS) is 11.7. The lowest BCUT2D eigenvalue weighted by Crippen LogP contribution is -2.27. The Kier molecular flexibility index (Phi) is 8.69. The summed E-state index contributed by atoms with van der Waals surface area (Å²) in [6.07, 6.45) is 0. The number of ether oxygens (including phenoxy) is 2. The van der Waals surface area contributed by atoms with Crippen LogP contribution in [0.4, 0.5) is 0 Å². The van der Waals surface area contributed by atoms with Crippen LogP contribution in [0.25, 0.3) is 20.2 Å². The molecule has 168 valence electrons. The molecule has 31 heavy (non-hydrogen) atoms. The maximum atomic E-state index is 13.1. The molecule has 2 aromatic carbocycles. The van der Waals surface area contributed by atoms with Crippen LogP contribution < -0.4 is 14.9 Å². The standard InChI is InChI=1S/C25H34N2O3S/c1-5-26(6-2)13-15-29-19-10-12-23-22(17-19)25(28)21-11-9-20(18-24(21)31-23)30-16-14-27(7-3)8-4/h9-12,17-18H,5-8,13-16H2,1-4H3. The van der Waals surface area contributed by atoms with E-state index in [1.807, 2.05) is 36.4 Å². The van der Waals surface area contributed by atoms with Crippen molar-refractivity contribution in [3.8, 4) is 11.5 Å². The second kappa shape index (κ2) is 11.5. The molecule has 0 spiro atoms. The van der Waals surface area contributed by atoms with Gasteiger partial charge in [0.05, 0.1) is 0 Å². The number of hydrogen-bond acceptors (Lipinski definition) is 6. The predicted molar refractivity (Wildman–Crippen MR) is 132 cm³/mol. The summed E-state index contributed by atoms with van der Waals surface area (Å²) in [5, 5.41) is 1.45. The Morgan fingerprint density at radius 2 is 1.26 bits per heavy atom. The third kappa shape index (κ3) is 5.97. The van der Waals surface area contributed by atoms with E-state index in [1.54, 1.807) is 11.3 Å². The molecule has 0 aliphatic heterocycles. The maximum Gasteiger partial charge on any atom is 0.196 e. The molecule has 0 saturated heterocycles. The van der Waals surface area contributed by atoms with E-state index in [1.165, 1.54) is 0 Å². The molecule has 0 unspecified atom stereocenters. The fourth-order valence-corrected chi connectivity index (χ4v) is 4.74. The average molecular weight is 443 g/mol. The molecule has 0 bridgehead atoms. The molecule has 0 aliphatic rings. The second-order valence-corrected chi connectivity index (χ2v) is 8.58. The minimum atomic E-state index is 0.0487. The average Bonchev–Trinajstić information content (AvgIpc) is 2.80. The minimum absolute atomic E-state index is 0.0487. The lowest BCUT2D eigenvalue weighted by Gasteiger charge is -2.18. The summed E-state index contributed by atoms with van der Waals surface area (Å²) >= 11 is 1.62. The quantitative estimate of drug-likeness (QED) is 0.375. The molecule has 3 rings (SSSR count). The zero-order valence-corrected chi connectivity index (χ0v) is 20.0. The monoisotopic (exact) mass is 442 g/mol. The number of likely N-dealkylation sites (N-methyl/N-ethyl adjacent to an activating group) is 2. The van der Waals surface area contributed by atoms with Crippen LogP contribution in [0, 0.1) is 0 Å².